The monoisotopic (exact) mass is 144 g/mol. The predicted molar refractivity (Wildman–Crippen MR) is 37.4 cm³/mol. The Kier molecular flexibility index (Phi) is 2.38. The van der Waals surface area contributed by atoms with Gasteiger partial charge in [-0.2, -0.15) is 0 Å². The van der Waals surface area contributed by atoms with E-state index in [4.69, 9.17) is 22.8 Å². The lowest BCUT2D eigenvalue weighted by atomic mass is 10.1. The Hall–Kier alpha value is -0.190. The van der Waals surface area contributed by atoms with Gasteiger partial charge in [0, 0.05) is 6.61 Å². The molecule has 0 N–H and O–H groups in total. The van der Waals surface area contributed by atoms with Crippen LogP contribution >= 0.6 is 11.6 Å². The highest BCUT2D eigenvalue weighted by molar-refractivity contribution is 6.21. The van der Waals surface area contributed by atoms with Crippen LogP contribution in [0.1, 0.15) is 12.8 Å². The van der Waals surface area contributed by atoms with Gasteiger partial charge in [-0.3, -0.25) is 0 Å². The molecule has 0 radical (unpaired) electrons. The van der Waals surface area contributed by atoms with Crippen molar-refractivity contribution in [3.63, 3.8) is 0 Å². The minimum absolute atomic E-state index is 0.0312. The Bertz CT molecular complexity index is 127. The smallest absolute Gasteiger partial charge is 0.134 e. The van der Waals surface area contributed by atoms with E-state index in [1.807, 2.05) is 0 Å². The molecule has 0 aliphatic carbocycles. The van der Waals surface area contributed by atoms with Crippen LogP contribution in [0.25, 0.3) is 0 Å². The standard InChI is InChI=1S/C7H9ClO/c1-2-7-6(8)4-3-5-9-7/h1,6-7H,3-5H2/t6-,7+/m1/s1. The van der Waals surface area contributed by atoms with Gasteiger partial charge in [-0.05, 0) is 12.8 Å². The fourth-order valence-electron chi connectivity index (χ4n) is 0.897. The second kappa shape index (κ2) is 3.10. The van der Waals surface area contributed by atoms with Gasteiger partial charge >= 0.3 is 0 Å². The summed E-state index contributed by atoms with van der Waals surface area (Å²) in [5.41, 5.74) is 0. The summed E-state index contributed by atoms with van der Waals surface area (Å²) in [4.78, 5) is 0. The maximum Gasteiger partial charge on any atom is 0.134 e. The molecule has 1 saturated heterocycles. The molecule has 0 spiro atoms. The highest BCUT2D eigenvalue weighted by Crippen LogP contribution is 2.18. The van der Waals surface area contributed by atoms with Gasteiger partial charge in [-0.1, -0.05) is 5.92 Å². The molecular formula is C7H9ClO. The molecule has 1 aliphatic rings. The molecule has 0 amide bonds. The first-order chi connectivity index (χ1) is 4.34. The number of hydrogen-bond donors (Lipinski definition) is 0. The van der Waals surface area contributed by atoms with Crippen molar-refractivity contribution >= 4 is 11.6 Å². The van der Waals surface area contributed by atoms with Crippen molar-refractivity contribution in [1.29, 1.82) is 0 Å². The molecule has 1 fully saturated rings. The van der Waals surface area contributed by atoms with E-state index >= 15 is 0 Å². The molecule has 1 nitrogen and oxygen atoms in total. The fraction of sp³-hybridized carbons (Fsp3) is 0.714. The van der Waals surface area contributed by atoms with Crippen molar-refractivity contribution in [2.45, 2.75) is 24.3 Å². The summed E-state index contributed by atoms with van der Waals surface area (Å²) in [5.74, 6) is 2.50. The van der Waals surface area contributed by atoms with Gasteiger partial charge in [0.1, 0.15) is 6.10 Å². The van der Waals surface area contributed by atoms with Crippen molar-refractivity contribution < 1.29 is 4.74 Å². The first kappa shape index (κ1) is 6.92. The fourth-order valence-corrected chi connectivity index (χ4v) is 1.20. The van der Waals surface area contributed by atoms with Crippen LogP contribution in [0.3, 0.4) is 0 Å². The quantitative estimate of drug-likeness (QED) is 0.369. The first-order valence-electron chi connectivity index (χ1n) is 3.06. The molecule has 0 aromatic heterocycles. The van der Waals surface area contributed by atoms with Crippen LogP contribution in [0, 0.1) is 12.3 Å². The van der Waals surface area contributed by atoms with E-state index in [9.17, 15) is 0 Å². The Balaban J connectivity index is 2.41. The van der Waals surface area contributed by atoms with Crippen molar-refractivity contribution in [2.24, 2.45) is 0 Å². The average Bonchev–Trinajstić information content (AvgIpc) is 1.89. The first-order valence-corrected chi connectivity index (χ1v) is 3.50. The summed E-state index contributed by atoms with van der Waals surface area (Å²) in [7, 11) is 0. The Labute approximate surface area is 60.3 Å². The summed E-state index contributed by atoms with van der Waals surface area (Å²) < 4.78 is 5.17. The van der Waals surface area contributed by atoms with Gasteiger partial charge in [0.2, 0.25) is 0 Å². The predicted octanol–water partition coefficient (Wildman–Crippen LogP) is 1.41. The van der Waals surface area contributed by atoms with E-state index in [1.54, 1.807) is 0 Å². The normalized spacial score (nSPS) is 35.6. The van der Waals surface area contributed by atoms with Gasteiger partial charge in [-0.15, -0.1) is 18.0 Å². The average molecular weight is 145 g/mol. The molecule has 2 atom stereocenters. The van der Waals surface area contributed by atoms with Crippen LogP contribution < -0.4 is 0 Å². The van der Waals surface area contributed by atoms with Gasteiger partial charge in [0.15, 0.2) is 0 Å². The SMILES string of the molecule is C#C[C@@H]1OCCC[C@H]1Cl. The molecule has 0 aromatic carbocycles. The molecule has 0 saturated carbocycles. The van der Waals surface area contributed by atoms with E-state index in [2.05, 4.69) is 5.92 Å². The lowest BCUT2D eigenvalue weighted by Crippen LogP contribution is -2.28. The summed E-state index contributed by atoms with van der Waals surface area (Å²) in [5, 5.41) is 0.0312. The molecule has 9 heavy (non-hydrogen) atoms. The van der Waals surface area contributed by atoms with E-state index in [0.29, 0.717) is 0 Å². The Morgan fingerprint density at radius 1 is 1.67 bits per heavy atom. The van der Waals surface area contributed by atoms with E-state index in [-0.39, 0.29) is 11.5 Å². The molecule has 1 heterocycles. The van der Waals surface area contributed by atoms with Crippen LogP contribution in [0.2, 0.25) is 0 Å². The van der Waals surface area contributed by atoms with Crippen LogP contribution in [0.5, 0.6) is 0 Å². The lowest BCUT2D eigenvalue weighted by Gasteiger charge is -2.22. The third-order valence-corrected chi connectivity index (χ3v) is 1.86. The molecule has 1 aliphatic heterocycles. The number of alkyl halides is 1. The topological polar surface area (TPSA) is 9.23 Å². The molecule has 2 heteroatoms. The third kappa shape index (κ3) is 1.61. The number of hydrogen-bond acceptors (Lipinski definition) is 1. The Morgan fingerprint density at radius 3 is 2.89 bits per heavy atom. The molecule has 1 rings (SSSR count). The van der Waals surface area contributed by atoms with Crippen molar-refractivity contribution in [3.05, 3.63) is 0 Å². The highest BCUT2D eigenvalue weighted by Gasteiger charge is 2.20. The van der Waals surface area contributed by atoms with Gasteiger partial charge < -0.3 is 4.74 Å². The number of terminal acetylenes is 1. The minimum atomic E-state index is -0.152. The maximum atomic E-state index is 5.82. The maximum absolute atomic E-state index is 5.82. The zero-order valence-corrected chi connectivity index (χ0v) is 5.90. The molecule has 50 valence electrons. The summed E-state index contributed by atoms with van der Waals surface area (Å²) in [6.07, 6.45) is 7.00. The molecule has 0 aromatic rings. The zero-order valence-electron chi connectivity index (χ0n) is 5.14. The van der Waals surface area contributed by atoms with Crippen LogP contribution in [0.4, 0.5) is 0 Å². The number of rotatable bonds is 0. The van der Waals surface area contributed by atoms with Crippen molar-refractivity contribution in [2.75, 3.05) is 6.61 Å². The van der Waals surface area contributed by atoms with E-state index < -0.39 is 0 Å². The zero-order chi connectivity index (χ0) is 6.69. The van der Waals surface area contributed by atoms with Gasteiger partial charge in [0.25, 0.3) is 0 Å². The molecule has 0 bridgehead atoms. The second-order valence-electron chi connectivity index (χ2n) is 2.12. The van der Waals surface area contributed by atoms with E-state index in [1.165, 1.54) is 0 Å². The molecular weight excluding hydrogens is 136 g/mol. The molecule has 0 unspecified atom stereocenters. The Morgan fingerprint density at radius 2 is 2.44 bits per heavy atom. The van der Waals surface area contributed by atoms with E-state index in [0.717, 1.165) is 19.4 Å². The van der Waals surface area contributed by atoms with Crippen molar-refractivity contribution in [3.8, 4) is 12.3 Å². The second-order valence-corrected chi connectivity index (χ2v) is 2.68. The van der Waals surface area contributed by atoms with Gasteiger partial charge in [0.05, 0.1) is 5.38 Å². The summed E-state index contributed by atoms with van der Waals surface area (Å²) in [6.45, 7) is 0.762. The lowest BCUT2D eigenvalue weighted by molar-refractivity contribution is 0.0559. The number of halogens is 1. The van der Waals surface area contributed by atoms with Crippen LogP contribution in [-0.4, -0.2) is 18.1 Å². The minimum Gasteiger partial charge on any atom is -0.364 e. The largest absolute Gasteiger partial charge is 0.364 e. The van der Waals surface area contributed by atoms with Crippen LogP contribution in [0.15, 0.2) is 0 Å². The summed E-state index contributed by atoms with van der Waals surface area (Å²) in [6, 6.07) is 0. The van der Waals surface area contributed by atoms with Gasteiger partial charge in [-0.25, -0.2) is 0 Å². The summed E-state index contributed by atoms with van der Waals surface area (Å²) >= 11 is 5.82. The third-order valence-electron chi connectivity index (χ3n) is 1.41. The number of ether oxygens (including phenoxy) is 1. The highest BCUT2D eigenvalue weighted by atomic mass is 35.5. The van der Waals surface area contributed by atoms with Crippen molar-refractivity contribution in [1.82, 2.24) is 0 Å². The van der Waals surface area contributed by atoms with Crippen LogP contribution in [-0.2, 0) is 4.74 Å².